The zero-order chi connectivity index (χ0) is 16.2. The molecule has 1 fully saturated rings. The Morgan fingerprint density at radius 1 is 1.26 bits per heavy atom. The lowest BCUT2D eigenvalue weighted by molar-refractivity contribution is -0.133. The average molecular weight is 316 g/mol. The number of aryl methyl sites for hydroxylation is 1. The summed E-state index contributed by atoms with van der Waals surface area (Å²) in [7, 11) is 1.73. The summed E-state index contributed by atoms with van der Waals surface area (Å²) < 4.78 is 5.39. The van der Waals surface area contributed by atoms with Crippen molar-refractivity contribution in [1.29, 1.82) is 0 Å². The third-order valence-electron chi connectivity index (χ3n) is 5.25. The number of rotatable bonds is 5. The molecule has 1 aromatic rings. The van der Waals surface area contributed by atoms with Gasteiger partial charge in [0.1, 0.15) is 5.75 Å². The number of hydrogen-bond donors (Lipinski definition) is 0. The first-order valence-corrected chi connectivity index (χ1v) is 8.91. The summed E-state index contributed by atoms with van der Waals surface area (Å²) >= 11 is 0. The minimum atomic E-state index is 0.333. The molecule has 0 N–H and O–H groups in total. The number of nitrogens with zero attached hydrogens (tertiary/aromatic N) is 2. The SMILES string of the molecule is CCCCC(=O)N1CCN([C@@H]2CCc3ccc(OC)cc32)CC1. The highest BCUT2D eigenvalue weighted by molar-refractivity contribution is 5.76. The maximum Gasteiger partial charge on any atom is 0.222 e. The van der Waals surface area contributed by atoms with E-state index in [0.29, 0.717) is 18.4 Å². The molecule has 23 heavy (non-hydrogen) atoms. The van der Waals surface area contributed by atoms with Gasteiger partial charge in [0.15, 0.2) is 0 Å². The number of unbranched alkanes of at least 4 members (excludes halogenated alkanes) is 1. The second-order valence-electron chi connectivity index (χ2n) is 6.64. The second-order valence-corrected chi connectivity index (χ2v) is 6.64. The van der Waals surface area contributed by atoms with Crippen LogP contribution in [0.2, 0.25) is 0 Å². The van der Waals surface area contributed by atoms with Gasteiger partial charge in [0.25, 0.3) is 0 Å². The standard InChI is InChI=1S/C19H28N2O2/c1-3-4-5-19(22)21-12-10-20(11-13-21)18-9-7-15-6-8-16(23-2)14-17(15)18/h6,8,14,18H,3-5,7,9-13H2,1-2H3/t18-/m1/s1. The maximum atomic E-state index is 12.2. The number of benzene rings is 1. The normalized spacial score (nSPS) is 21.3. The molecule has 4 nitrogen and oxygen atoms in total. The summed E-state index contributed by atoms with van der Waals surface area (Å²) in [6, 6.07) is 6.96. The van der Waals surface area contributed by atoms with Gasteiger partial charge in [-0.1, -0.05) is 19.4 Å². The van der Waals surface area contributed by atoms with Crippen molar-refractivity contribution in [2.75, 3.05) is 33.3 Å². The summed E-state index contributed by atoms with van der Waals surface area (Å²) in [4.78, 5) is 16.8. The minimum absolute atomic E-state index is 0.333. The molecule has 0 bridgehead atoms. The molecule has 2 aliphatic rings. The van der Waals surface area contributed by atoms with Gasteiger partial charge < -0.3 is 9.64 Å². The summed E-state index contributed by atoms with van der Waals surface area (Å²) in [5.74, 6) is 1.28. The van der Waals surface area contributed by atoms with Gasteiger partial charge in [-0.25, -0.2) is 0 Å². The first-order valence-electron chi connectivity index (χ1n) is 8.91. The Bertz CT molecular complexity index is 550. The molecular weight excluding hydrogens is 288 g/mol. The highest BCUT2D eigenvalue weighted by Crippen LogP contribution is 2.38. The first kappa shape index (κ1) is 16.3. The van der Waals surface area contributed by atoms with E-state index in [4.69, 9.17) is 4.74 Å². The lowest BCUT2D eigenvalue weighted by Crippen LogP contribution is -2.49. The Kier molecular flexibility index (Phi) is 5.21. The summed E-state index contributed by atoms with van der Waals surface area (Å²) in [6.07, 6.45) is 5.15. The highest BCUT2D eigenvalue weighted by atomic mass is 16.5. The highest BCUT2D eigenvalue weighted by Gasteiger charge is 2.31. The number of fused-ring (bicyclic) bond motifs is 1. The van der Waals surface area contributed by atoms with Gasteiger partial charge in [0.2, 0.25) is 5.91 Å². The molecule has 1 aliphatic heterocycles. The number of methoxy groups -OCH3 is 1. The van der Waals surface area contributed by atoms with Gasteiger partial charge in [-0.05, 0) is 42.5 Å². The van der Waals surface area contributed by atoms with Crippen molar-refractivity contribution >= 4 is 5.91 Å². The van der Waals surface area contributed by atoms with Crippen molar-refractivity contribution in [1.82, 2.24) is 9.80 Å². The summed E-state index contributed by atoms with van der Waals surface area (Å²) in [5, 5.41) is 0. The van der Waals surface area contributed by atoms with E-state index < -0.39 is 0 Å². The zero-order valence-electron chi connectivity index (χ0n) is 14.4. The predicted molar refractivity (Wildman–Crippen MR) is 91.7 cm³/mol. The molecule has 4 heteroatoms. The third-order valence-corrected chi connectivity index (χ3v) is 5.25. The van der Waals surface area contributed by atoms with Crippen LogP contribution in [0.4, 0.5) is 0 Å². The van der Waals surface area contributed by atoms with Crippen molar-refractivity contribution in [3.63, 3.8) is 0 Å². The molecule has 1 aliphatic carbocycles. The fraction of sp³-hybridized carbons (Fsp3) is 0.632. The largest absolute Gasteiger partial charge is 0.497 e. The molecule has 1 atom stereocenters. The Morgan fingerprint density at radius 2 is 2.04 bits per heavy atom. The average Bonchev–Trinajstić information content (AvgIpc) is 3.02. The van der Waals surface area contributed by atoms with Crippen molar-refractivity contribution in [2.45, 2.75) is 45.1 Å². The van der Waals surface area contributed by atoms with Gasteiger partial charge in [0, 0.05) is 38.6 Å². The second kappa shape index (κ2) is 7.35. The van der Waals surface area contributed by atoms with Crippen molar-refractivity contribution < 1.29 is 9.53 Å². The molecule has 0 spiro atoms. The Balaban J connectivity index is 1.60. The third kappa shape index (κ3) is 3.52. The number of carbonyl (C=O) groups is 1. The van der Waals surface area contributed by atoms with E-state index in [0.717, 1.165) is 51.2 Å². The molecule has 0 radical (unpaired) electrons. The van der Waals surface area contributed by atoms with Crippen LogP contribution in [-0.2, 0) is 11.2 Å². The molecule has 0 unspecified atom stereocenters. The van der Waals surface area contributed by atoms with Gasteiger partial charge in [-0.3, -0.25) is 9.69 Å². The number of ether oxygens (including phenoxy) is 1. The fourth-order valence-corrected chi connectivity index (χ4v) is 3.83. The Hall–Kier alpha value is -1.55. The van der Waals surface area contributed by atoms with E-state index in [9.17, 15) is 4.79 Å². The topological polar surface area (TPSA) is 32.8 Å². The number of amides is 1. The van der Waals surface area contributed by atoms with Gasteiger partial charge in [0.05, 0.1) is 7.11 Å². The van der Waals surface area contributed by atoms with Crippen molar-refractivity contribution in [3.8, 4) is 5.75 Å². The zero-order valence-corrected chi connectivity index (χ0v) is 14.4. The minimum Gasteiger partial charge on any atom is -0.497 e. The Labute approximate surface area is 139 Å². The van der Waals surface area contributed by atoms with Crippen LogP contribution < -0.4 is 4.74 Å². The maximum absolute atomic E-state index is 12.2. The molecule has 1 heterocycles. The van der Waals surface area contributed by atoms with Gasteiger partial charge in [-0.15, -0.1) is 0 Å². The Morgan fingerprint density at radius 3 is 2.74 bits per heavy atom. The number of hydrogen-bond acceptors (Lipinski definition) is 3. The van der Waals surface area contributed by atoms with E-state index in [1.54, 1.807) is 7.11 Å². The van der Waals surface area contributed by atoms with Crippen LogP contribution in [0, 0.1) is 0 Å². The van der Waals surface area contributed by atoms with Crippen LogP contribution in [-0.4, -0.2) is 49.0 Å². The smallest absolute Gasteiger partial charge is 0.222 e. The van der Waals surface area contributed by atoms with Crippen LogP contribution in [0.1, 0.15) is 49.8 Å². The fourth-order valence-electron chi connectivity index (χ4n) is 3.83. The summed E-state index contributed by atoms with van der Waals surface area (Å²) in [6.45, 7) is 5.85. The lowest BCUT2D eigenvalue weighted by atomic mass is 10.1. The van der Waals surface area contributed by atoms with Crippen molar-refractivity contribution in [3.05, 3.63) is 29.3 Å². The van der Waals surface area contributed by atoms with Crippen LogP contribution in [0.3, 0.4) is 0 Å². The van der Waals surface area contributed by atoms with Crippen LogP contribution in [0.5, 0.6) is 5.75 Å². The molecular formula is C19H28N2O2. The van der Waals surface area contributed by atoms with Crippen molar-refractivity contribution in [2.24, 2.45) is 0 Å². The van der Waals surface area contributed by atoms with E-state index in [1.807, 2.05) is 4.90 Å². The van der Waals surface area contributed by atoms with E-state index >= 15 is 0 Å². The van der Waals surface area contributed by atoms with Crippen LogP contribution in [0.15, 0.2) is 18.2 Å². The molecule has 1 aromatic carbocycles. The van der Waals surface area contributed by atoms with E-state index in [2.05, 4.69) is 30.0 Å². The predicted octanol–water partition coefficient (Wildman–Crippen LogP) is 3.02. The monoisotopic (exact) mass is 316 g/mol. The summed E-state index contributed by atoms with van der Waals surface area (Å²) in [5.41, 5.74) is 2.88. The first-order chi connectivity index (χ1) is 11.2. The van der Waals surface area contributed by atoms with E-state index in [-0.39, 0.29) is 0 Å². The molecule has 126 valence electrons. The molecule has 0 aromatic heterocycles. The number of carbonyl (C=O) groups excluding carboxylic acids is 1. The van der Waals surface area contributed by atoms with Crippen LogP contribution >= 0.6 is 0 Å². The van der Waals surface area contributed by atoms with E-state index in [1.165, 1.54) is 17.5 Å². The van der Waals surface area contributed by atoms with Gasteiger partial charge in [-0.2, -0.15) is 0 Å². The molecule has 1 amide bonds. The quantitative estimate of drug-likeness (QED) is 0.837. The molecule has 3 rings (SSSR count). The number of piperazine rings is 1. The molecule has 1 saturated heterocycles. The van der Waals surface area contributed by atoms with Crippen LogP contribution in [0.25, 0.3) is 0 Å². The lowest BCUT2D eigenvalue weighted by Gasteiger charge is -2.38. The molecule has 0 saturated carbocycles. The van der Waals surface area contributed by atoms with Gasteiger partial charge >= 0.3 is 0 Å².